The number of carbonyl (C=O) groups excluding carboxylic acids is 2. The van der Waals surface area contributed by atoms with E-state index in [2.05, 4.69) is 35.8 Å². The van der Waals surface area contributed by atoms with Gasteiger partial charge >= 0.3 is 0 Å². The van der Waals surface area contributed by atoms with Crippen LogP contribution in [0.3, 0.4) is 0 Å². The van der Waals surface area contributed by atoms with E-state index in [0.717, 1.165) is 105 Å². The van der Waals surface area contributed by atoms with Crippen LogP contribution < -0.4 is 20.3 Å². The highest BCUT2D eigenvalue weighted by molar-refractivity contribution is 5.98. The molecule has 52 heavy (non-hydrogen) atoms. The number of aromatic nitrogens is 1. The summed E-state index contributed by atoms with van der Waals surface area (Å²) in [6.07, 6.45) is 4.86. The van der Waals surface area contributed by atoms with E-state index in [9.17, 15) is 9.59 Å². The number of hydrazone groups is 2. The fraction of sp³-hybridized carbons (Fsp3) is 0.385. The maximum atomic E-state index is 12.8. The maximum absolute atomic E-state index is 12.8. The molecule has 0 saturated carbocycles. The van der Waals surface area contributed by atoms with Gasteiger partial charge in [-0.1, -0.05) is 24.3 Å². The second-order valence-electron chi connectivity index (χ2n) is 12.7. The molecule has 3 N–H and O–H groups in total. The van der Waals surface area contributed by atoms with Gasteiger partial charge in [0.1, 0.15) is 24.7 Å². The van der Waals surface area contributed by atoms with E-state index >= 15 is 0 Å². The van der Waals surface area contributed by atoms with Gasteiger partial charge in [-0.25, -0.2) is 10.9 Å². The number of aromatic amines is 1. The molecule has 2 aliphatic heterocycles. The number of amides is 2. The van der Waals surface area contributed by atoms with E-state index in [1.807, 2.05) is 66.7 Å². The molecule has 2 aliphatic rings. The van der Waals surface area contributed by atoms with Crippen LogP contribution in [0.25, 0.3) is 10.9 Å². The highest BCUT2D eigenvalue weighted by atomic mass is 16.5. The molecule has 274 valence electrons. The van der Waals surface area contributed by atoms with Crippen molar-refractivity contribution in [1.29, 1.82) is 0 Å². The van der Waals surface area contributed by atoms with Crippen LogP contribution in [-0.2, 0) is 20.7 Å². The van der Waals surface area contributed by atoms with Crippen LogP contribution in [0.15, 0.2) is 83.0 Å². The van der Waals surface area contributed by atoms with Crippen molar-refractivity contribution >= 4 is 35.1 Å². The molecule has 13 nitrogen and oxygen atoms in total. The van der Waals surface area contributed by atoms with Gasteiger partial charge < -0.3 is 23.9 Å². The Morgan fingerprint density at radius 1 is 0.750 bits per heavy atom. The number of hydrogen-bond donors (Lipinski definition) is 3. The standard InChI is InChI=1S/C39H47N7O6/c47-38(43-40-28-30-4-1-7-35(24-30)51-22-16-45-12-18-49-19-13-45)9-3-6-34-27-33-26-32(10-11-37(33)42-34)39(48)44-41-29-31-5-2-8-36(25-31)52-23-17-46-14-20-50-21-15-46/h1-2,4-5,7-8,10-11,24-29,42H,3,6,9,12-23H2,(H,43,47)(H,44,48). The van der Waals surface area contributed by atoms with E-state index in [4.69, 9.17) is 18.9 Å². The number of aryl methyl sites for hydroxylation is 1. The maximum Gasteiger partial charge on any atom is 0.271 e. The van der Waals surface area contributed by atoms with Crippen molar-refractivity contribution in [2.75, 3.05) is 78.9 Å². The first kappa shape index (κ1) is 36.7. The average Bonchev–Trinajstić information content (AvgIpc) is 3.58. The highest BCUT2D eigenvalue weighted by Gasteiger charge is 2.12. The molecule has 2 saturated heterocycles. The zero-order valence-electron chi connectivity index (χ0n) is 29.4. The molecule has 13 heteroatoms. The Balaban J connectivity index is 0.895. The van der Waals surface area contributed by atoms with Crippen molar-refractivity contribution in [3.05, 3.63) is 95.2 Å². The van der Waals surface area contributed by atoms with Crippen LogP contribution >= 0.6 is 0 Å². The topological polar surface area (TPSA) is 142 Å². The number of nitrogens with zero attached hydrogens (tertiary/aromatic N) is 4. The Bertz CT molecular complexity index is 1810. The van der Waals surface area contributed by atoms with E-state index in [1.54, 1.807) is 18.5 Å². The van der Waals surface area contributed by atoms with Gasteiger partial charge in [-0.3, -0.25) is 19.4 Å². The number of benzene rings is 3. The minimum atomic E-state index is -0.306. The van der Waals surface area contributed by atoms with Gasteiger partial charge in [-0.2, -0.15) is 10.2 Å². The molecule has 2 fully saturated rings. The average molecular weight is 710 g/mol. The zero-order valence-corrected chi connectivity index (χ0v) is 29.4. The van der Waals surface area contributed by atoms with Crippen LogP contribution in [0.1, 0.15) is 40.0 Å². The van der Waals surface area contributed by atoms with Crippen LogP contribution in [-0.4, -0.2) is 118 Å². The zero-order chi connectivity index (χ0) is 35.8. The van der Waals surface area contributed by atoms with E-state index < -0.39 is 0 Å². The van der Waals surface area contributed by atoms with Gasteiger partial charge in [0.15, 0.2) is 0 Å². The van der Waals surface area contributed by atoms with Crippen LogP contribution in [0, 0.1) is 0 Å². The molecule has 2 amide bonds. The summed E-state index contributed by atoms with van der Waals surface area (Å²) in [6.45, 7) is 9.68. The lowest BCUT2D eigenvalue weighted by Gasteiger charge is -2.26. The molecule has 3 aromatic carbocycles. The third-order valence-corrected chi connectivity index (χ3v) is 8.85. The largest absolute Gasteiger partial charge is 0.492 e. The summed E-state index contributed by atoms with van der Waals surface area (Å²) >= 11 is 0. The predicted molar refractivity (Wildman–Crippen MR) is 200 cm³/mol. The molecular formula is C39H47N7O6. The number of ether oxygens (including phenoxy) is 4. The van der Waals surface area contributed by atoms with Crippen molar-refractivity contribution in [1.82, 2.24) is 25.6 Å². The fourth-order valence-corrected chi connectivity index (χ4v) is 5.98. The van der Waals surface area contributed by atoms with Crippen molar-refractivity contribution < 1.29 is 28.5 Å². The Morgan fingerprint density at radius 3 is 1.96 bits per heavy atom. The molecule has 6 rings (SSSR count). The SMILES string of the molecule is O=C(CCCc1cc2cc(C(=O)NN=Cc3cccc(OCCN4CCOCC4)c3)ccc2[nH]1)NN=Cc1cccc(OCCN2CCOCC2)c1. The lowest BCUT2D eigenvalue weighted by atomic mass is 10.1. The van der Waals surface area contributed by atoms with Gasteiger partial charge in [0.25, 0.3) is 5.91 Å². The summed E-state index contributed by atoms with van der Waals surface area (Å²) in [6, 6.07) is 22.7. The molecule has 1 aromatic heterocycles. The molecule has 0 radical (unpaired) electrons. The number of nitrogens with one attached hydrogen (secondary N) is 3. The Labute approximate surface area is 303 Å². The summed E-state index contributed by atoms with van der Waals surface area (Å²) in [5, 5.41) is 9.19. The quantitative estimate of drug-likeness (QED) is 0.111. The molecule has 0 atom stereocenters. The molecular weight excluding hydrogens is 662 g/mol. The Morgan fingerprint density at radius 2 is 1.35 bits per heavy atom. The van der Waals surface area contributed by atoms with E-state index in [0.29, 0.717) is 38.0 Å². The van der Waals surface area contributed by atoms with Gasteiger partial charge in [0.2, 0.25) is 5.91 Å². The second kappa shape index (κ2) is 19.5. The third-order valence-electron chi connectivity index (χ3n) is 8.85. The van der Waals surface area contributed by atoms with Gasteiger partial charge in [-0.15, -0.1) is 0 Å². The van der Waals surface area contributed by atoms with Crippen LogP contribution in [0.2, 0.25) is 0 Å². The van der Waals surface area contributed by atoms with Crippen LogP contribution in [0.4, 0.5) is 0 Å². The normalized spacial score (nSPS) is 15.7. The number of hydrogen-bond acceptors (Lipinski definition) is 10. The molecule has 0 spiro atoms. The summed E-state index contributed by atoms with van der Waals surface area (Å²) in [7, 11) is 0. The number of morpholine rings is 2. The number of fused-ring (bicyclic) bond motifs is 1. The minimum absolute atomic E-state index is 0.159. The fourth-order valence-electron chi connectivity index (χ4n) is 5.98. The molecule has 0 unspecified atom stereocenters. The van der Waals surface area contributed by atoms with Crippen molar-refractivity contribution in [3.63, 3.8) is 0 Å². The Kier molecular flexibility index (Phi) is 13.8. The first-order chi connectivity index (χ1) is 25.6. The smallest absolute Gasteiger partial charge is 0.271 e. The third kappa shape index (κ3) is 11.7. The summed E-state index contributed by atoms with van der Waals surface area (Å²) in [5.41, 5.74) is 9.29. The minimum Gasteiger partial charge on any atom is -0.492 e. The molecule has 0 aliphatic carbocycles. The predicted octanol–water partition coefficient (Wildman–Crippen LogP) is 3.83. The van der Waals surface area contributed by atoms with Crippen molar-refractivity contribution in [3.8, 4) is 11.5 Å². The number of carbonyl (C=O) groups is 2. The monoisotopic (exact) mass is 709 g/mol. The summed E-state index contributed by atoms with van der Waals surface area (Å²) in [5.74, 6) is 1.05. The van der Waals surface area contributed by atoms with Gasteiger partial charge in [-0.05, 0) is 72.5 Å². The molecule has 3 heterocycles. The van der Waals surface area contributed by atoms with Gasteiger partial charge in [0.05, 0.1) is 38.9 Å². The second-order valence-corrected chi connectivity index (χ2v) is 12.7. The van der Waals surface area contributed by atoms with E-state index in [-0.39, 0.29) is 11.8 Å². The summed E-state index contributed by atoms with van der Waals surface area (Å²) in [4.78, 5) is 33.3. The first-order valence-electron chi connectivity index (χ1n) is 17.9. The van der Waals surface area contributed by atoms with E-state index in [1.165, 1.54) is 0 Å². The number of H-pyrrole nitrogens is 1. The summed E-state index contributed by atoms with van der Waals surface area (Å²) < 4.78 is 22.6. The first-order valence-corrected chi connectivity index (χ1v) is 17.9. The lowest BCUT2D eigenvalue weighted by molar-refractivity contribution is -0.121. The molecule has 4 aromatic rings. The Hall–Kier alpha value is -5.08. The van der Waals surface area contributed by atoms with Crippen molar-refractivity contribution in [2.24, 2.45) is 10.2 Å². The number of rotatable bonds is 17. The van der Waals surface area contributed by atoms with Crippen molar-refractivity contribution in [2.45, 2.75) is 19.3 Å². The highest BCUT2D eigenvalue weighted by Crippen LogP contribution is 2.19. The molecule has 0 bridgehead atoms. The van der Waals surface area contributed by atoms with Crippen LogP contribution in [0.5, 0.6) is 11.5 Å². The lowest BCUT2D eigenvalue weighted by Crippen LogP contribution is -2.38. The van der Waals surface area contributed by atoms with Gasteiger partial charge in [0, 0.05) is 67.8 Å².